The van der Waals surface area contributed by atoms with E-state index in [-0.39, 0.29) is 0 Å². The van der Waals surface area contributed by atoms with E-state index < -0.39 is 0 Å². The van der Waals surface area contributed by atoms with Crippen LogP contribution in [0.3, 0.4) is 0 Å². The molecule has 0 saturated carbocycles. The van der Waals surface area contributed by atoms with Gasteiger partial charge in [0.1, 0.15) is 0 Å². The van der Waals surface area contributed by atoms with Gasteiger partial charge in [-0.05, 0) is 51.5 Å². The summed E-state index contributed by atoms with van der Waals surface area (Å²) in [6.45, 7) is 10.2. The monoisotopic (exact) mass is 291 g/mol. The lowest BCUT2D eigenvalue weighted by Gasteiger charge is -2.19. The SMILES string of the molecule is CCN(CC)CCCC(C)Nc1nc2ccccc2s1. The van der Waals surface area contributed by atoms with Crippen LogP contribution in [0.5, 0.6) is 0 Å². The van der Waals surface area contributed by atoms with E-state index in [2.05, 4.69) is 54.2 Å². The Morgan fingerprint density at radius 1 is 1.25 bits per heavy atom. The van der Waals surface area contributed by atoms with Crippen molar-refractivity contribution in [1.82, 2.24) is 9.88 Å². The van der Waals surface area contributed by atoms with Gasteiger partial charge in [0.2, 0.25) is 0 Å². The highest BCUT2D eigenvalue weighted by Gasteiger charge is 2.07. The third kappa shape index (κ3) is 4.18. The molecule has 0 spiro atoms. The Labute approximate surface area is 126 Å². The van der Waals surface area contributed by atoms with Crippen LogP contribution in [-0.4, -0.2) is 35.6 Å². The number of rotatable bonds is 8. The van der Waals surface area contributed by atoms with Crippen LogP contribution in [0.25, 0.3) is 10.2 Å². The molecule has 2 rings (SSSR count). The van der Waals surface area contributed by atoms with Crippen LogP contribution < -0.4 is 5.32 Å². The summed E-state index contributed by atoms with van der Waals surface area (Å²) in [5.74, 6) is 0. The number of benzene rings is 1. The van der Waals surface area contributed by atoms with Crippen LogP contribution in [0, 0.1) is 0 Å². The zero-order chi connectivity index (χ0) is 14.4. The van der Waals surface area contributed by atoms with Crippen molar-refractivity contribution in [3.63, 3.8) is 0 Å². The van der Waals surface area contributed by atoms with Gasteiger partial charge < -0.3 is 10.2 Å². The molecule has 1 heterocycles. The number of aromatic nitrogens is 1. The fourth-order valence-corrected chi connectivity index (χ4v) is 3.36. The molecule has 0 aliphatic carbocycles. The van der Waals surface area contributed by atoms with E-state index in [1.165, 1.54) is 24.1 Å². The molecule has 0 aliphatic heterocycles. The van der Waals surface area contributed by atoms with Crippen molar-refractivity contribution in [3.8, 4) is 0 Å². The molecular formula is C16H25N3S. The van der Waals surface area contributed by atoms with E-state index in [0.717, 1.165) is 23.7 Å². The smallest absolute Gasteiger partial charge is 0.183 e. The summed E-state index contributed by atoms with van der Waals surface area (Å²) in [6.07, 6.45) is 2.42. The van der Waals surface area contributed by atoms with Gasteiger partial charge in [0.25, 0.3) is 0 Å². The molecule has 0 radical (unpaired) electrons. The fourth-order valence-electron chi connectivity index (χ4n) is 2.38. The molecule has 1 N–H and O–H groups in total. The van der Waals surface area contributed by atoms with Gasteiger partial charge >= 0.3 is 0 Å². The third-order valence-electron chi connectivity index (χ3n) is 3.67. The number of nitrogens with zero attached hydrogens (tertiary/aromatic N) is 2. The first-order valence-electron chi connectivity index (χ1n) is 7.57. The second kappa shape index (κ2) is 7.60. The number of fused-ring (bicyclic) bond motifs is 1. The van der Waals surface area contributed by atoms with Crippen LogP contribution in [-0.2, 0) is 0 Å². The maximum Gasteiger partial charge on any atom is 0.183 e. The lowest BCUT2D eigenvalue weighted by Crippen LogP contribution is -2.25. The zero-order valence-corrected chi connectivity index (χ0v) is 13.5. The minimum absolute atomic E-state index is 0.478. The molecule has 110 valence electrons. The van der Waals surface area contributed by atoms with Gasteiger partial charge in [0, 0.05) is 6.04 Å². The van der Waals surface area contributed by atoms with Crippen molar-refractivity contribution in [3.05, 3.63) is 24.3 Å². The topological polar surface area (TPSA) is 28.2 Å². The Morgan fingerprint density at radius 2 is 2.00 bits per heavy atom. The molecule has 4 heteroatoms. The predicted octanol–water partition coefficient (Wildman–Crippen LogP) is 4.22. The summed E-state index contributed by atoms with van der Waals surface area (Å²) >= 11 is 1.74. The predicted molar refractivity (Wildman–Crippen MR) is 89.7 cm³/mol. The Kier molecular flexibility index (Phi) is 5.80. The third-order valence-corrected chi connectivity index (χ3v) is 4.64. The molecule has 3 nitrogen and oxygen atoms in total. The van der Waals surface area contributed by atoms with Gasteiger partial charge in [-0.1, -0.05) is 37.3 Å². The largest absolute Gasteiger partial charge is 0.359 e. The van der Waals surface area contributed by atoms with Crippen LogP contribution >= 0.6 is 11.3 Å². The normalized spacial score (nSPS) is 13.0. The van der Waals surface area contributed by atoms with E-state index in [0.29, 0.717) is 6.04 Å². The molecule has 0 aliphatic rings. The first-order chi connectivity index (χ1) is 9.72. The molecule has 0 saturated heterocycles. The highest BCUT2D eigenvalue weighted by Crippen LogP contribution is 2.26. The van der Waals surface area contributed by atoms with Crippen LogP contribution in [0.15, 0.2) is 24.3 Å². The molecule has 1 unspecified atom stereocenters. The van der Waals surface area contributed by atoms with Crippen molar-refractivity contribution in [1.29, 1.82) is 0 Å². The van der Waals surface area contributed by atoms with E-state index in [4.69, 9.17) is 0 Å². The Balaban J connectivity index is 1.80. The number of thiazole rings is 1. The maximum atomic E-state index is 4.63. The molecule has 0 bridgehead atoms. The fraction of sp³-hybridized carbons (Fsp3) is 0.562. The summed E-state index contributed by atoms with van der Waals surface area (Å²) in [6, 6.07) is 8.79. The second-order valence-electron chi connectivity index (χ2n) is 5.20. The van der Waals surface area contributed by atoms with Crippen molar-refractivity contribution in [2.45, 2.75) is 39.7 Å². The highest BCUT2D eigenvalue weighted by molar-refractivity contribution is 7.22. The molecule has 1 atom stereocenters. The number of hydrogen-bond donors (Lipinski definition) is 1. The minimum atomic E-state index is 0.478. The molecular weight excluding hydrogens is 266 g/mol. The standard InChI is InChI=1S/C16H25N3S/c1-4-19(5-2)12-8-9-13(3)17-16-18-14-10-6-7-11-15(14)20-16/h6-7,10-11,13H,4-5,8-9,12H2,1-3H3,(H,17,18). The lowest BCUT2D eigenvalue weighted by molar-refractivity contribution is 0.295. The lowest BCUT2D eigenvalue weighted by atomic mass is 10.2. The van der Waals surface area contributed by atoms with Gasteiger partial charge in [0.05, 0.1) is 10.2 Å². The summed E-state index contributed by atoms with van der Waals surface area (Å²) in [5.41, 5.74) is 1.09. The van der Waals surface area contributed by atoms with E-state index in [1.54, 1.807) is 11.3 Å². The van der Waals surface area contributed by atoms with Gasteiger partial charge in [-0.3, -0.25) is 0 Å². The van der Waals surface area contributed by atoms with E-state index in [1.807, 2.05) is 6.07 Å². The van der Waals surface area contributed by atoms with Crippen molar-refractivity contribution in [2.24, 2.45) is 0 Å². The van der Waals surface area contributed by atoms with Crippen molar-refractivity contribution < 1.29 is 0 Å². The molecule has 0 amide bonds. The van der Waals surface area contributed by atoms with E-state index in [9.17, 15) is 0 Å². The molecule has 2 aromatic rings. The number of hydrogen-bond acceptors (Lipinski definition) is 4. The second-order valence-corrected chi connectivity index (χ2v) is 6.23. The summed E-state index contributed by atoms with van der Waals surface area (Å²) in [4.78, 5) is 7.10. The molecule has 20 heavy (non-hydrogen) atoms. The first kappa shape index (κ1) is 15.3. The first-order valence-corrected chi connectivity index (χ1v) is 8.39. The van der Waals surface area contributed by atoms with Crippen LogP contribution in [0.1, 0.15) is 33.6 Å². The van der Waals surface area contributed by atoms with Crippen molar-refractivity contribution >= 4 is 26.7 Å². The highest BCUT2D eigenvalue weighted by atomic mass is 32.1. The molecule has 0 fully saturated rings. The number of para-hydroxylation sites is 1. The Hall–Kier alpha value is -1.13. The summed E-state index contributed by atoms with van der Waals surface area (Å²) < 4.78 is 1.25. The average Bonchev–Trinajstić information content (AvgIpc) is 2.85. The van der Waals surface area contributed by atoms with Crippen molar-refractivity contribution in [2.75, 3.05) is 25.0 Å². The summed E-state index contributed by atoms with van der Waals surface area (Å²) in [5, 5.41) is 4.57. The summed E-state index contributed by atoms with van der Waals surface area (Å²) in [7, 11) is 0. The molecule has 1 aromatic heterocycles. The van der Waals surface area contributed by atoms with Crippen LogP contribution in [0.2, 0.25) is 0 Å². The quantitative estimate of drug-likeness (QED) is 0.789. The van der Waals surface area contributed by atoms with Gasteiger partial charge in [0.15, 0.2) is 5.13 Å². The van der Waals surface area contributed by atoms with Gasteiger partial charge in [-0.25, -0.2) is 4.98 Å². The van der Waals surface area contributed by atoms with Gasteiger partial charge in [-0.15, -0.1) is 0 Å². The number of anilines is 1. The van der Waals surface area contributed by atoms with Crippen LogP contribution in [0.4, 0.5) is 5.13 Å². The maximum absolute atomic E-state index is 4.63. The van der Waals surface area contributed by atoms with Gasteiger partial charge in [-0.2, -0.15) is 0 Å². The average molecular weight is 291 g/mol. The molecule has 1 aromatic carbocycles. The minimum Gasteiger partial charge on any atom is -0.359 e. The van der Waals surface area contributed by atoms with E-state index >= 15 is 0 Å². The Morgan fingerprint density at radius 3 is 2.70 bits per heavy atom. The number of nitrogens with one attached hydrogen (secondary N) is 1. The Bertz CT molecular complexity index is 486. The zero-order valence-electron chi connectivity index (χ0n) is 12.7.